The zero-order chi connectivity index (χ0) is 27.1. The van der Waals surface area contributed by atoms with Gasteiger partial charge in [0.2, 0.25) is 5.91 Å². The summed E-state index contributed by atoms with van der Waals surface area (Å²) in [6.07, 6.45) is -3.45. The van der Waals surface area contributed by atoms with Gasteiger partial charge in [0.05, 0.1) is 21.5 Å². The molecule has 3 rings (SSSR count). The molecule has 16 heteroatoms. The highest BCUT2D eigenvalue weighted by atomic mass is 35.5. The van der Waals surface area contributed by atoms with Crippen LogP contribution in [0.5, 0.6) is 5.75 Å². The first-order valence-electron chi connectivity index (χ1n) is 10.4. The summed E-state index contributed by atoms with van der Waals surface area (Å²) in [4.78, 5) is 50.0. The van der Waals surface area contributed by atoms with E-state index >= 15 is 0 Å². The average Bonchev–Trinajstić information content (AvgIpc) is 3.28. The second-order valence-electron chi connectivity index (χ2n) is 7.32. The van der Waals surface area contributed by atoms with E-state index in [0.717, 1.165) is 17.4 Å². The van der Waals surface area contributed by atoms with Gasteiger partial charge in [-0.15, -0.1) is 11.3 Å². The summed E-state index contributed by atoms with van der Waals surface area (Å²) in [6, 6.07) is 4.69. The van der Waals surface area contributed by atoms with Gasteiger partial charge >= 0.3 is 13.0 Å². The van der Waals surface area contributed by atoms with E-state index in [1.807, 2.05) is 5.32 Å². The number of benzene rings is 1. The Balaban J connectivity index is 1.78. The molecule has 0 unspecified atom stereocenters. The molecular formula is C21H19ClF4N4O6S. The van der Waals surface area contributed by atoms with Crippen molar-refractivity contribution in [3.8, 4) is 5.75 Å². The lowest BCUT2D eigenvalue weighted by Gasteiger charge is -2.28. The second-order valence-corrected chi connectivity index (χ2v) is 9.04. The van der Waals surface area contributed by atoms with Crippen LogP contribution in [0.25, 0.3) is 0 Å². The Bertz CT molecular complexity index is 1170. The molecule has 1 fully saturated rings. The van der Waals surface area contributed by atoms with Crippen LogP contribution >= 0.6 is 22.9 Å². The standard InChI is InChI=1S/C21H19ClF4N4O6S/c22-15-4-3-14(37-15)19(33)27-8-11(29-20(34)17(23)24)18(32)28-10-1-2-12(13(7-10)36-21(25)26)30-5-6-35-9-16(30)31/h1-4,7,11,17,21H,5-6,8-9H2,(H,27,33)(H,28,32)(H,29,34)/t11-/m0/s1. The summed E-state index contributed by atoms with van der Waals surface area (Å²) in [5.74, 6) is -4.43. The number of hydrogen-bond acceptors (Lipinski definition) is 7. The summed E-state index contributed by atoms with van der Waals surface area (Å²) in [5.41, 5.74) is -0.117. The molecule has 1 atom stereocenters. The fourth-order valence-electron chi connectivity index (χ4n) is 3.17. The highest BCUT2D eigenvalue weighted by Crippen LogP contribution is 2.33. The Kier molecular flexibility index (Phi) is 9.66. The number of alkyl halides is 4. The first kappa shape index (κ1) is 28.1. The van der Waals surface area contributed by atoms with E-state index in [1.165, 1.54) is 29.2 Å². The molecule has 0 aliphatic carbocycles. The van der Waals surface area contributed by atoms with Crippen molar-refractivity contribution in [2.45, 2.75) is 19.1 Å². The first-order chi connectivity index (χ1) is 17.5. The summed E-state index contributed by atoms with van der Waals surface area (Å²) in [6.45, 7) is -3.88. The lowest BCUT2D eigenvalue weighted by Crippen LogP contribution is -2.52. The molecule has 37 heavy (non-hydrogen) atoms. The van der Waals surface area contributed by atoms with Crippen LogP contribution in [0.3, 0.4) is 0 Å². The third kappa shape index (κ3) is 7.77. The number of carbonyl (C=O) groups is 4. The molecule has 2 heterocycles. The Morgan fingerprint density at radius 3 is 2.51 bits per heavy atom. The maximum absolute atomic E-state index is 13.0. The number of halogens is 5. The van der Waals surface area contributed by atoms with Gasteiger partial charge < -0.3 is 30.3 Å². The van der Waals surface area contributed by atoms with E-state index < -0.39 is 55.0 Å². The number of carbonyl (C=O) groups excluding carboxylic acids is 4. The van der Waals surface area contributed by atoms with Gasteiger partial charge in [-0.1, -0.05) is 11.6 Å². The van der Waals surface area contributed by atoms with E-state index in [1.54, 1.807) is 0 Å². The molecule has 0 bridgehead atoms. The van der Waals surface area contributed by atoms with Crippen LogP contribution in [0.4, 0.5) is 28.9 Å². The Hall–Kier alpha value is -3.43. The van der Waals surface area contributed by atoms with Crippen molar-refractivity contribution in [2.24, 2.45) is 0 Å². The number of nitrogens with one attached hydrogen (secondary N) is 3. The highest BCUT2D eigenvalue weighted by Gasteiger charge is 2.28. The number of morpholine rings is 1. The maximum Gasteiger partial charge on any atom is 0.387 e. The minimum Gasteiger partial charge on any atom is -0.433 e. The van der Waals surface area contributed by atoms with Gasteiger partial charge in [-0.2, -0.15) is 17.6 Å². The molecule has 0 radical (unpaired) electrons. The topological polar surface area (TPSA) is 126 Å². The quantitative estimate of drug-likeness (QED) is 0.380. The minimum absolute atomic E-state index is 0.00368. The van der Waals surface area contributed by atoms with Crippen LogP contribution in [0, 0.1) is 0 Å². The molecule has 0 saturated carbocycles. The average molecular weight is 567 g/mol. The largest absolute Gasteiger partial charge is 0.433 e. The van der Waals surface area contributed by atoms with E-state index in [-0.39, 0.29) is 36.0 Å². The van der Waals surface area contributed by atoms with Gasteiger partial charge in [-0.25, -0.2) is 0 Å². The number of amides is 4. The molecular weight excluding hydrogens is 548 g/mol. The van der Waals surface area contributed by atoms with Crippen molar-refractivity contribution < 1.29 is 46.2 Å². The lowest BCUT2D eigenvalue weighted by molar-refractivity contribution is -0.134. The molecule has 10 nitrogen and oxygen atoms in total. The number of nitrogens with zero attached hydrogens (tertiary/aromatic N) is 1. The lowest BCUT2D eigenvalue weighted by atomic mass is 10.2. The van der Waals surface area contributed by atoms with E-state index in [4.69, 9.17) is 16.3 Å². The molecule has 1 aromatic heterocycles. The smallest absolute Gasteiger partial charge is 0.387 e. The third-order valence-electron chi connectivity index (χ3n) is 4.81. The van der Waals surface area contributed by atoms with Crippen molar-refractivity contribution in [2.75, 3.05) is 36.5 Å². The van der Waals surface area contributed by atoms with E-state index in [9.17, 15) is 36.7 Å². The fourth-order valence-corrected chi connectivity index (χ4v) is 4.13. The number of hydrogen-bond donors (Lipinski definition) is 3. The fraction of sp³-hybridized carbons (Fsp3) is 0.333. The second kappa shape index (κ2) is 12.7. The molecule has 1 aliphatic heterocycles. The molecule has 1 aromatic carbocycles. The Morgan fingerprint density at radius 1 is 1.14 bits per heavy atom. The third-order valence-corrected chi connectivity index (χ3v) is 6.04. The summed E-state index contributed by atoms with van der Waals surface area (Å²) >= 11 is 6.70. The zero-order valence-corrected chi connectivity index (χ0v) is 20.2. The van der Waals surface area contributed by atoms with Gasteiger partial charge in [0.25, 0.3) is 17.7 Å². The van der Waals surface area contributed by atoms with Crippen molar-refractivity contribution in [1.29, 1.82) is 0 Å². The zero-order valence-electron chi connectivity index (χ0n) is 18.6. The van der Waals surface area contributed by atoms with Crippen LogP contribution < -0.4 is 25.6 Å². The minimum atomic E-state index is -3.45. The van der Waals surface area contributed by atoms with Crippen molar-refractivity contribution in [3.63, 3.8) is 0 Å². The van der Waals surface area contributed by atoms with Gasteiger partial charge in [0.15, 0.2) is 5.75 Å². The van der Waals surface area contributed by atoms with Crippen LogP contribution in [0.2, 0.25) is 4.34 Å². The molecule has 0 spiro atoms. The van der Waals surface area contributed by atoms with Crippen LogP contribution in [-0.4, -0.2) is 69.0 Å². The molecule has 2 aromatic rings. The van der Waals surface area contributed by atoms with Gasteiger partial charge in [-0.05, 0) is 24.3 Å². The van der Waals surface area contributed by atoms with Crippen LogP contribution in [0.1, 0.15) is 9.67 Å². The Morgan fingerprint density at radius 2 is 1.89 bits per heavy atom. The van der Waals surface area contributed by atoms with E-state index in [0.29, 0.717) is 4.34 Å². The molecule has 1 saturated heterocycles. The van der Waals surface area contributed by atoms with Gasteiger partial charge in [0, 0.05) is 24.8 Å². The molecule has 1 aliphatic rings. The number of ether oxygens (including phenoxy) is 2. The van der Waals surface area contributed by atoms with Crippen LogP contribution in [0.15, 0.2) is 30.3 Å². The van der Waals surface area contributed by atoms with Gasteiger partial charge in [-0.3, -0.25) is 19.2 Å². The Labute approximate surface area is 215 Å². The van der Waals surface area contributed by atoms with Gasteiger partial charge in [0.1, 0.15) is 12.6 Å². The predicted molar refractivity (Wildman–Crippen MR) is 124 cm³/mol. The van der Waals surface area contributed by atoms with Crippen molar-refractivity contribution in [3.05, 3.63) is 39.5 Å². The summed E-state index contributed by atoms with van der Waals surface area (Å²) in [5, 5.41) is 6.43. The number of anilines is 2. The molecule has 4 amide bonds. The van der Waals surface area contributed by atoms with Crippen molar-refractivity contribution >= 4 is 57.9 Å². The SMILES string of the molecule is O=C(NC[C@H](NC(=O)C(F)F)C(=O)Nc1ccc(N2CCOCC2=O)c(OC(F)F)c1)c1ccc(Cl)s1. The highest BCUT2D eigenvalue weighted by molar-refractivity contribution is 7.18. The molecule has 200 valence electrons. The number of thiophene rings is 1. The summed E-state index contributed by atoms with van der Waals surface area (Å²) in [7, 11) is 0. The number of rotatable bonds is 10. The maximum atomic E-state index is 13.0. The predicted octanol–water partition coefficient (Wildman–Crippen LogP) is 2.48. The first-order valence-corrected chi connectivity index (χ1v) is 11.6. The summed E-state index contributed by atoms with van der Waals surface area (Å²) < 4.78 is 61.5. The molecule has 3 N–H and O–H groups in total. The van der Waals surface area contributed by atoms with Crippen LogP contribution in [-0.2, 0) is 19.1 Å². The van der Waals surface area contributed by atoms with Crippen molar-refractivity contribution in [1.82, 2.24) is 10.6 Å². The van der Waals surface area contributed by atoms with E-state index in [2.05, 4.69) is 15.4 Å². The normalized spacial score (nSPS) is 14.5. The monoisotopic (exact) mass is 566 g/mol.